The van der Waals surface area contributed by atoms with Crippen molar-refractivity contribution in [2.45, 2.75) is 57.9 Å². The van der Waals surface area contributed by atoms with Gasteiger partial charge < -0.3 is 15.0 Å². The second-order valence-corrected chi connectivity index (χ2v) is 7.78. The normalized spacial score (nSPS) is 19.0. The highest BCUT2D eigenvalue weighted by Gasteiger charge is 2.26. The van der Waals surface area contributed by atoms with Gasteiger partial charge in [0, 0.05) is 31.1 Å². The van der Waals surface area contributed by atoms with Crippen molar-refractivity contribution in [3.8, 4) is 5.75 Å². The van der Waals surface area contributed by atoms with Gasteiger partial charge in [-0.1, -0.05) is 31.4 Å². The number of likely N-dealkylation sites (tertiary alicyclic amines) is 1. The molecule has 1 aliphatic heterocycles. The molecular formula is C23H32N2O3. The smallest absolute Gasteiger partial charge is 0.246 e. The molecule has 0 atom stereocenters. The van der Waals surface area contributed by atoms with Gasteiger partial charge in [-0.25, -0.2) is 0 Å². The Morgan fingerprint density at radius 2 is 1.75 bits per heavy atom. The molecule has 1 aliphatic carbocycles. The quantitative estimate of drug-likeness (QED) is 0.759. The molecule has 2 fully saturated rings. The summed E-state index contributed by atoms with van der Waals surface area (Å²) in [6.07, 6.45) is 10.8. The highest BCUT2D eigenvalue weighted by atomic mass is 16.5. The van der Waals surface area contributed by atoms with E-state index in [-0.39, 0.29) is 23.8 Å². The SMILES string of the molecule is CCOc1ccc(/C=C/C(=O)N2CCC(NC(=O)C3CCCCC3)CC2)cc1. The molecule has 1 N–H and O–H groups in total. The van der Waals surface area contributed by atoms with E-state index in [0.717, 1.165) is 37.0 Å². The number of hydrogen-bond donors (Lipinski definition) is 1. The molecule has 0 aromatic heterocycles. The summed E-state index contributed by atoms with van der Waals surface area (Å²) in [5.74, 6) is 1.29. The number of piperidine rings is 1. The molecule has 28 heavy (non-hydrogen) atoms. The van der Waals surface area contributed by atoms with E-state index >= 15 is 0 Å². The lowest BCUT2D eigenvalue weighted by Crippen LogP contribution is -2.47. The molecular weight excluding hydrogens is 352 g/mol. The van der Waals surface area contributed by atoms with Gasteiger partial charge in [-0.3, -0.25) is 9.59 Å². The van der Waals surface area contributed by atoms with E-state index < -0.39 is 0 Å². The van der Waals surface area contributed by atoms with E-state index in [1.165, 1.54) is 19.3 Å². The fourth-order valence-electron chi connectivity index (χ4n) is 4.04. The van der Waals surface area contributed by atoms with E-state index in [9.17, 15) is 9.59 Å². The Morgan fingerprint density at radius 3 is 2.39 bits per heavy atom. The van der Waals surface area contributed by atoms with Gasteiger partial charge in [-0.15, -0.1) is 0 Å². The van der Waals surface area contributed by atoms with Gasteiger partial charge in [0.2, 0.25) is 11.8 Å². The molecule has 1 aromatic rings. The lowest BCUT2D eigenvalue weighted by Gasteiger charge is -2.33. The summed E-state index contributed by atoms with van der Waals surface area (Å²) in [6.45, 7) is 3.99. The average molecular weight is 385 g/mol. The van der Waals surface area contributed by atoms with Gasteiger partial charge in [-0.2, -0.15) is 0 Å². The molecule has 1 saturated heterocycles. The first-order valence-corrected chi connectivity index (χ1v) is 10.7. The van der Waals surface area contributed by atoms with Crippen LogP contribution in [0, 0.1) is 5.92 Å². The molecule has 2 aliphatic rings. The number of ether oxygens (including phenoxy) is 1. The van der Waals surface area contributed by atoms with Gasteiger partial charge in [0.1, 0.15) is 5.75 Å². The van der Waals surface area contributed by atoms with E-state index in [1.807, 2.05) is 42.2 Å². The van der Waals surface area contributed by atoms with Crippen molar-refractivity contribution in [2.75, 3.05) is 19.7 Å². The molecule has 1 heterocycles. The number of amides is 2. The second-order valence-electron chi connectivity index (χ2n) is 7.78. The van der Waals surface area contributed by atoms with Gasteiger partial charge in [0.05, 0.1) is 6.61 Å². The van der Waals surface area contributed by atoms with Crippen LogP contribution in [0.2, 0.25) is 0 Å². The molecule has 1 aromatic carbocycles. The standard InChI is InChI=1S/C23H32N2O3/c1-2-28-21-11-8-18(9-12-21)10-13-22(26)25-16-14-20(15-17-25)24-23(27)19-6-4-3-5-7-19/h8-13,19-20H,2-7,14-17H2,1H3,(H,24,27)/b13-10+. The number of rotatable bonds is 6. The summed E-state index contributed by atoms with van der Waals surface area (Å²) in [5.41, 5.74) is 0.978. The first kappa shape index (κ1) is 20.4. The van der Waals surface area contributed by atoms with Crippen molar-refractivity contribution >= 4 is 17.9 Å². The van der Waals surface area contributed by atoms with Crippen LogP contribution >= 0.6 is 0 Å². The Balaban J connectivity index is 1.42. The zero-order valence-electron chi connectivity index (χ0n) is 16.9. The topological polar surface area (TPSA) is 58.6 Å². The number of nitrogens with one attached hydrogen (secondary N) is 1. The van der Waals surface area contributed by atoms with Crippen molar-refractivity contribution in [2.24, 2.45) is 5.92 Å². The van der Waals surface area contributed by atoms with Crippen LogP contribution in [-0.2, 0) is 9.59 Å². The first-order valence-electron chi connectivity index (χ1n) is 10.7. The highest BCUT2D eigenvalue weighted by molar-refractivity contribution is 5.91. The fraction of sp³-hybridized carbons (Fsp3) is 0.565. The van der Waals surface area contributed by atoms with Crippen molar-refractivity contribution in [3.05, 3.63) is 35.9 Å². The second kappa shape index (κ2) is 10.3. The van der Waals surface area contributed by atoms with Crippen molar-refractivity contribution in [1.82, 2.24) is 10.2 Å². The minimum atomic E-state index is 0.0333. The Bertz CT molecular complexity index is 670. The largest absolute Gasteiger partial charge is 0.494 e. The minimum Gasteiger partial charge on any atom is -0.494 e. The van der Waals surface area contributed by atoms with Gasteiger partial charge in [0.25, 0.3) is 0 Å². The number of benzene rings is 1. The van der Waals surface area contributed by atoms with E-state index in [2.05, 4.69) is 5.32 Å². The summed E-state index contributed by atoms with van der Waals surface area (Å²) < 4.78 is 5.43. The fourth-order valence-corrected chi connectivity index (χ4v) is 4.04. The monoisotopic (exact) mass is 384 g/mol. The van der Waals surface area contributed by atoms with Crippen LogP contribution in [0.4, 0.5) is 0 Å². The maximum absolute atomic E-state index is 12.4. The first-order chi connectivity index (χ1) is 13.7. The highest BCUT2D eigenvalue weighted by Crippen LogP contribution is 2.24. The molecule has 0 spiro atoms. The van der Waals surface area contributed by atoms with Crippen LogP contribution in [0.15, 0.2) is 30.3 Å². The molecule has 152 valence electrons. The van der Waals surface area contributed by atoms with Crippen LogP contribution in [0.3, 0.4) is 0 Å². The summed E-state index contributed by atoms with van der Waals surface area (Å²) in [5, 5.41) is 3.21. The van der Waals surface area contributed by atoms with Gasteiger partial charge >= 0.3 is 0 Å². The van der Waals surface area contributed by atoms with Crippen LogP contribution in [0.5, 0.6) is 5.75 Å². The number of nitrogens with zero attached hydrogens (tertiary/aromatic N) is 1. The number of hydrogen-bond acceptors (Lipinski definition) is 3. The number of carbonyl (C=O) groups is 2. The van der Waals surface area contributed by atoms with Crippen LogP contribution in [-0.4, -0.2) is 42.5 Å². The average Bonchev–Trinajstić information content (AvgIpc) is 2.74. The van der Waals surface area contributed by atoms with Crippen molar-refractivity contribution < 1.29 is 14.3 Å². The summed E-state index contributed by atoms with van der Waals surface area (Å²) in [6, 6.07) is 7.92. The molecule has 2 amide bonds. The Labute approximate surface area is 168 Å². The molecule has 0 unspecified atom stereocenters. The molecule has 3 rings (SSSR count). The van der Waals surface area contributed by atoms with Crippen LogP contribution in [0.1, 0.15) is 57.4 Å². The summed E-state index contributed by atoms with van der Waals surface area (Å²) in [4.78, 5) is 26.7. The predicted octanol–water partition coefficient (Wildman–Crippen LogP) is 3.79. The third-order valence-electron chi connectivity index (χ3n) is 5.74. The molecule has 1 saturated carbocycles. The van der Waals surface area contributed by atoms with E-state index in [0.29, 0.717) is 19.7 Å². The summed E-state index contributed by atoms with van der Waals surface area (Å²) in [7, 11) is 0. The van der Waals surface area contributed by atoms with E-state index in [4.69, 9.17) is 4.74 Å². The van der Waals surface area contributed by atoms with Crippen LogP contribution in [0.25, 0.3) is 6.08 Å². The van der Waals surface area contributed by atoms with Crippen molar-refractivity contribution in [1.29, 1.82) is 0 Å². The molecule has 0 radical (unpaired) electrons. The Hall–Kier alpha value is -2.30. The lowest BCUT2D eigenvalue weighted by atomic mass is 9.88. The Morgan fingerprint density at radius 1 is 1.07 bits per heavy atom. The van der Waals surface area contributed by atoms with E-state index in [1.54, 1.807) is 6.08 Å². The summed E-state index contributed by atoms with van der Waals surface area (Å²) >= 11 is 0. The maximum Gasteiger partial charge on any atom is 0.246 e. The Kier molecular flexibility index (Phi) is 7.52. The third kappa shape index (κ3) is 5.85. The zero-order valence-corrected chi connectivity index (χ0v) is 16.9. The molecule has 5 nitrogen and oxygen atoms in total. The zero-order chi connectivity index (χ0) is 19.8. The lowest BCUT2D eigenvalue weighted by molar-refractivity contribution is -0.128. The third-order valence-corrected chi connectivity index (χ3v) is 5.74. The molecule has 0 bridgehead atoms. The predicted molar refractivity (Wildman–Crippen MR) is 111 cm³/mol. The number of carbonyl (C=O) groups excluding carboxylic acids is 2. The van der Waals surface area contributed by atoms with Crippen molar-refractivity contribution in [3.63, 3.8) is 0 Å². The van der Waals surface area contributed by atoms with Gasteiger partial charge in [-0.05, 0) is 56.4 Å². The molecule has 5 heteroatoms. The minimum absolute atomic E-state index is 0.0333. The van der Waals surface area contributed by atoms with Crippen LogP contribution < -0.4 is 10.1 Å². The van der Waals surface area contributed by atoms with Gasteiger partial charge in [0.15, 0.2) is 0 Å². The maximum atomic E-state index is 12.4.